The minimum atomic E-state index is -1.07. The van der Waals surface area contributed by atoms with Crippen molar-refractivity contribution in [2.45, 2.75) is 0 Å². The molecule has 0 radical (unpaired) electrons. The zero-order valence-corrected chi connectivity index (χ0v) is 9.58. The van der Waals surface area contributed by atoms with Crippen molar-refractivity contribution in [2.24, 2.45) is 0 Å². The van der Waals surface area contributed by atoms with Crippen molar-refractivity contribution in [3.63, 3.8) is 0 Å². The Morgan fingerprint density at radius 1 is 1.47 bits per heavy atom. The Hall–Kier alpha value is -1.36. The molecule has 0 aliphatic carbocycles. The first kappa shape index (κ1) is 11.7. The number of benzene rings is 1. The molecule has 1 N–H and O–H groups in total. The van der Waals surface area contributed by atoms with E-state index in [1.807, 2.05) is 0 Å². The van der Waals surface area contributed by atoms with Gasteiger partial charge in [0.25, 0.3) is 0 Å². The summed E-state index contributed by atoms with van der Waals surface area (Å²) in [7, 11) is 1.43. The molecule has 0 spiro atoms. The zero-order valence-electron chi connectivity index (χ0n) is 7.99. The van der Waals surface area contributed by atoms with Crippen LogP contribution < -0.4 is 4.74 Å². The number of Topliss-reactive ketones (excluding diaryl/α,β-unsaturated/α-hetero) is 1. The first-order valence-electron chi connectivity index (χ1n) is 4.10. The third kappa shape index (κ3) is 2.56. The first-order chi connectivity index (χ1) is 7.10. The van der Waals surface area contributed by atoms with Gasteiger partial charge < -0.3 is 9.84 Å². The lowest BCUT2D eigenvalue weighted by atomic mass is 10.1. The van der Waals surface area contributed by atoms with Crippen molar-refractivity contribution >= 4 is 27.7 Å². The molecular formula is C10H9BrO4. The Morgan fingerprint density at radius 3 is 2.60 bits per heavy atom. The highest BCUT2D eigenvalue weighted by Gasteiger charge is 2.14. The number of carboxylic acids is 1. The predicted octanol–water partition coefficient (Wildman–Crippen LogP) is 1.97. The van der Waals surface area contributed by atoms with Crippen molar-refractivity contribution in [2.75, 3.05) is 12.4 Å². The molecule has 0 fully saturated rings. The number of aromatic carboxylic acids is 1. The molecule has 0 aromatic heterocycles. The van der Waals surface area contributed by atoms with E-state index in [0.29, 0.717) is 5.75 Å². The van der Waals surface area contributed by atoms with Crippen LogP contribution in [0.25, 0.3) is 0 Å². The van der Waals surface area contributed by atoms with Gasteiger partial charge in [-0.05, 0) is 18.2 Å². The van der Waals surface area contributed by atoms with E-state index < -0.39 is 5.97 Å². The van der Waals surface area contributed by atoms with E-state index >= 15 is 0 Å². The number of ether oxygens (including phenoxy) is 1. The van der Waals surface area contributed by atoms with Gasteiger partial charge in [0.1, 0.15) is 5.75 Å². The lowest BCUT2D eigenvalue weighted by Crippen LogP contribution is -2.06. The molecule has 0 saturated carbocycles. The van der Waals surface area contributed by atoms with E-state index in [4.69, 9.17) is 9.84 Å². The fourth-order valence-electron chi connectivity index (χ4n) is 1.13. The Labute approximate surface area is 95.0 Å². The van der Waals surface area contributed by atoms with Gasteiger partial charge in [0.15, 0.2) is 5.78 Å². The number of halogens is 1. The van der Waals surface area contributed by atoms with Crippen molar-refractivity contribution in [1.82, 2.24) is 0 Å². The average molecular weight is 273 g/mol. The predicted molar refractivity (Wildman–Crippen MR) is 58.1 cm³/mol. The number of methoxy groups -OCH3 is 1. The summed E-state index contributed by atoms with van der Waals surface area (Å²) >= 11 is 3.02. The summed E-state index contributed by atoms with van der Waals surface area (Å²) in [5.41, 5.74) is 0.342. The summed E-state index contributed by atoms with van der Waals surface area (Å²) in [6.45, 7) is 0. The Kier molecular flexibility index (Phi) is 3.85. The van der Waals surface area contributed by atoms with Crippen LogP contribution in [0.15, 0.2) is 18.2 Å². The molecule has 0 atom stereocenters. The second kappa shape index (κ2) is 4.93. The molecule has 0 amide bonds. The summed E-state index contributed by atoms with van der Waals surface area (Å²) < 4.78 is 4.97. The van der Waals surface area contributed by atoms with Gasteiger partial charge in [0, 0.05) is 0 Å². The fourth-order valence-corrected chi connectivity index (χ4v) is 1.43. The van der Waals surface area contributed by atoms with Crippen molar-refractivity contribution in [1.29, 1.82) is 0 Å². The highest BCUT2D eigenvalue weighted by Crippen LogP contribution is 2.21. The summed E-state index contributed by atoms with van der Waals surface area (Å²) in [5.74, 6) is -0.902. The quantitative estimate of drug-likeness (QED) is 0.673. The number of hydrogen-bond acceptors (Lipinski definition) is 3. The molecule has 0 heterocycles. The first-order valence-corrected chi connectivity index (χ1v) is 5.22. The molecule has 0 aliphatic rings. The van der Waals surface area contributed by atoms with Crippen LogP contribution in [0.3, 0.4) is 0 Å². The van der Waals surface area contributed by atoms with Gasteiger partial charge in [-0.25, -0.2) is 4.79 Å². The molecule has 4 nitrogen and oxygen atoms in total. The maximum absolute atomic E-state index is 11.4. The third-order valence-corrected chi connectivity index (χ3v) is 2.38. The van der Waals surface area contributed by atoms with Gasteiger partial charge in [0.2, 0.25) is 0 Å². The lowest BCUT2D eigenvalue weighted by molar-refractivity contribution is 0.0697. The number of carbonyl (C=O) groups excluding carboxylic acids is 1. The van der Waals surface area contributed by atoms with Crippen LogP contribution in [0.2, 0.25) is 0 Å². The van der Waals surface area contributed by atoms with E-state index in [1.165, 1.54) is 25.3 Å². The van der Waals surface area contributed by atoms with Gasteiger partial charge in [-0.2, -0.15) is 0 Å². The number of ketones is 1. The molecule has 1 aromatic rings. The van der Waals surface area contributed by atoms with Crippen molar-refractivity contribution in [3.05, 3.63) is 29.3 Å². The Balaban J connectivity index is 3.25. The third-order valence-electron chi connectivity index (χ3n) is 1.87. The van der Waals surface area contributed by atoms with E-state index in [1.54, 1.807) is 0 Å². The van der Waals surface area contributed by atoms with Crippen LogP contribution in [-0.2, 0) is 0 Å². The molecule has 1 rings (SSSR count). The molecule has 0 saturated heterocycles. The van der Waals surface area contributed by atoms with Crippen LogP contribution in [0.5, 0.6) is 5.75 Å². The standard InChI is InChI=1S/C10H9BrO4/c1-15-9-3-2-6(10(13)14)4-7(9)8(12)5-11/h2-4H,5H2,1H3,(H,13,14). The number of hydrogen-bond donors (Lipinski definition) is 1. The Bertz CT molecular complexity index is 400. The van der Waals surface area contributed by atoms with E-state index in [2.05, 4.69) is 15.9 Å². The minimum Gasteiger partial charge on any atom is -0.496 e. The van der Waals surface area contributed by atoms with E-state index in [9.17, 15) is 9.59 Å². The molecule has 80 valence electrons. The molecule has 0 unspecified atom stereocenters. The van der Waals surface area contributed by atoms with Gasteiger partial charge in [0.05, 0.1) is 23.6 Å². The van der Waals surface area contributed by atoms with Crippen LogP contribution in [0.1, 0.15) is 20.7 Å². The van der Waals surface area contributed by atoms with Gasteiger partial charge in [-0.1, -0.05) is 15.9 Å². The summed E-state index contributed by atoms with van der Waals surface area (Å²) in [5, 5.41) is 8.89. The highest BCUT2D eigenvalue weighted by molar-refractivity contribution is 9.09. The van der Waals surface area contributed by atoms with Gasteiger partial charge >= 0.3 is 5.97 Å². The van der Waals surface area contributed by atoms with Crippen molar-refractivity contribution in [3.8, 4) is 5.75 Å². The molecular weight excluding hydrogens is 264 g/mol. The summed E-state index contributed by atoms with van der Waals surface area (Å²) in [4.78, 5) is 22.1. The fraction of sp³-hybridized carbons (Fsp3) is 0.200. The molecule has 5 heteroatoms. The van der Waals surface area contributed by atoms with Crippen LogP contribution in [0, 0.1) is 0 Å². The van der Waals surface area contributed by atoms with Gasteiger partial charge in [-0.3, -0.25) is 4.79 Å². The van der Waals surface area contributed by atoms with Crippen LogP contribution in [0.4, 0.5) is 0 Å². The smallest absolute Gasteiger partial charge is 0.335 e. The number of alkyl halides is 1. The van der Waals surface area contributed by atoms with Crippen LogP contribution in [-0.4, -0.2) is 29.3 Å². The average Bonchev–Trinajstić information content (AvgIpc) is 2.27. The zero-order chi connectivity index (χ0) is 11.4. The second-order valence-corrected chi connectivity index (χ2v) is 3.34. The largest absolute Gasteiger partial charge is 0.496 e. The van der Waals surface area contributed by atoms with Gasteiger partial charge in [-0.15, -0.1) is 0 Å². The molecule has 0 bridgehead atoms. The lowest BCUT2D eigenvalue weighted by Gasteiger charge is -2.06. The number of rotatable bonds is 4. The normalized spacial score (nSPS) is 9.73. The van der Waals surface area contributed by atoms with E-state index in [0.717, 1.165) is 0 Å². The molecule has 1 aromatic carbocycles. The van der Waals surface area contributed by atoms with Crippen molar-refractivity contribution < 1.29 is 19.4 Å². The second-order valence-electron chi connectivity index (χ2n) is 2.78. The maximum atomic E-state index is 11.4. The monoisotopic (exact) mass is 272 g/mol. The Morgan fingerprint density at radius 2 is 2.13 bits per heavy atom. The minimum absolute atomic E-state index is 0.0695. The summed E-state index contributed by atoms with van der Waals surface area (Å²) in [6.07, 6.45) is 0. The van der Waals surface area contributed by atoms with E-state index in [-0.39, 0.29) is 22.2 Å². The SMILES string of the molecule is COc1ccc(C(=O)O)cc1C(=O)CBr. The van der Waals surface area contributed by atoms with Crippen LogP contribution >= 0.6 is 15.9 Å². The number of carbonyl (C=O) groups is 2. The maximum Gasteiger partial charge on any atom is 0.335 e. The molecule has 15 heavy (non-hydrogen) atoms. The topological polar surface area (TPSA) is 63.6 Å². The number of carboxylic acid groups (broad SMARTS) is 1. The summed E-state index contributed by atoms with van der Waals surface area (Å²) in [6, 6.07) is 4.18. The molecule has 0 aliphatic heterocycles. The highest BCUT2D eigenvalue weighted by atomic mass is 79.9.